The van der Waals surface area contributed by atoms with E-state index in [0.717, 1.165) is 5.56 Å². The fraction of sp³-hybridized carbons (Fsp3) is 0.538. The lowest BCUT2D eigenvalue weighted by Gasteiger charge is -2.41. The highest BCUT2D eigenvalue weighted by molar-refractivity contribution is 9.10. The largest absolute Gasteiger partial charge is 0.305 e. The second-order valence-electron chi connectivity index (χ2n) is 4.95. The van der Waals surface area contributed by atoms with Gasteiger partial charge in [-0.05, 0) is 66.7 Å². The Morgan fingerprint density at radius 2 is 2.12 bits per heavy atom. The Bertz CT molecular complexity index is 388. The summed E-state index contributed by atoms with van der Waals surface area (Å²) in [7, 11) is 0. The maximum Gasteiger partial charge on any atom is 0.137 e. The zero-order valence-electron chi connectivity index (χ0n) is 9.69. The molecule has 1 aliphatic rings. The summed E-state index contributed by atoms with van der Waals surface area (Å²) in [6, 6.07) is 5.54. The first-order valence-electron chi connectivity index (χ1n) is 5.73. The Kier molecular flexibility index (Phi) is 3.36. The smallest absolute Gasteiger partial charge is 0.137 e. The fourth-order valence-corrected chi connectivity index (χ4v) is 2.49. The number of nitrogens with one attached hydrogen (secondary N) is 1. The minimum atomic E-state index is -0.190. The van der Waals surface area contributed by atoms with Crippen LogP contribution in [0, 0.1) is 5.82 Å². The maximum atomic E-state index is 13.4. The summed E-state index contributed by atoms with van der Waals surface area (Å²) in [6.07, 6.45) is 3.73. The average molecular weight is 286 g/mol. The first kappa shape index (κ1) is 12.1. The molecule has 1 aromatic carbocycles. The molecule has 0 radical (unpaired) electrons. The van der Waals surface area contributed by atoms with Crippen LogP contribution in [0.1, 0.15) is 44.7 Å². The first-order chi connectivity index (χ1) is 7.50. The van der Waals surface area contributed by atoms with Crippen molar-refractivity contribution in [2.75, 3.05) is 0 Å². The van der Waals surface area contributed by atoms with E-state index in [-0.39, 0.29) is 17.4 Å². The second kappa shape index (κ2) is 4.46. The molecule has 2 rings (SSSR count). The van der Waals surface area contributed by atoms with Gasteiger partial charge in [0, 0.05) is 11.6 Å². The lowest BCUT2D eigenvalue weighted by molar-refractivity contribution is 0.189. The number of hydrogen-bond acceptors (Lipinski definition) is 1. The van der Waals surface area contributed by atoms with Crippen molar-refractivity contribution in [2.24, 2.45) is 0 Å². The molecule has 88 valence electrons. The van der Waals surface area contributed by atoms with Crippen molar-refractivity contribution in [1.82, 2.24) is 5.32 Å². The summed E-state index contributed by atoms with van der Waals surface area (Å²) in [4.78, 5) is 0. The van der Waals surface area contributed by atoms with Crippen LogP contribution in [0.4, 0.5) is 4.39 Å². The highest BCUT2D eigenvalue weighted by atomic mass is 79.9. The maximum absolute atomic E-state index is 13.4. The molecule has 1 N–H and O–H groups in total. The lowest BCUT2D eigenvalue weighted by Crippen LogP contribution is -2.49. The van der Waals surface area contributed by atoms with E-state index in [2.05, 4.69) is 35.1 Å². The topological polar surface area (TPSA) is 12.0 Å². The van der Waals surface area contributed by atoms with Gasteiger partial charge in [-0.25, -0.2) is 4.39 Å². The molecule has 3 heteroatoms. The number of rotatable bonds is 3. The van der Waals surface area contributed by atoms with Gasteiger partial charge < -0.3 is 5.32 Å². The van der Waals surface area contributed by atoms with E-state index in [1.165, 1.54) is 19.3 Å². The van der Waals surface area contributed by atoms with E-state index in [4.69, 9.17) is 0 Å². The number of halogens is 2. The van der Waals surface area contributed by atoms with E-state index in [0.29, 0.717) is 4.47 Å². The van der Waals surface area contributed by atoms with Crippen LogP contribution < -0.4 is 5.32 Å². The molecule has 0 spiro atoms. The molecule has 0 amide bonds. The Morgan fingerprint density at radius 3 is 2.62 bits per heavy atom. The van der Waals surface area contributed by atoms with Crippen LogP contribution in [-0.2, 0) is 0 Å². The third kappa shape index (κ3) is 2.46. The molecule has 0 saturated heterocycles. The lowest BCUT2D eigenvalue weighted by atomic mass is 9.78. The molecule has 0 aliphatic heterocycles. The van der Waals surface area contributed by atoms with Gasteiger partial charge in [-0.1, -0.05) is 6.07 Å². The summed E-state index contributed by atoms with van der Waals surface area (Å²) in [6.45, 7) is 4.33. The quantitative estimate of drug-likeness (QED) is 0.879. The van der Waals surface area contributed by atoms with Gasteiger partial charge in [-0.15, -0.1) is 0 Å². The van der Waals surface area contributed by atoms with E-state index in [9.17, 15) is 4.39 Å². The molecule has 0 aromatic heterocycles. The van der Waals surface area contributed by atoms with E-state index in [1.54, 1.807) is 12.1 Å². The molecule has 1 saturated carbocycles. The standard InChI is InChI=1S/C13H17BrFN/c1-9(16-13(2)6-3-7-13)10-4-5-11(14)12(15)8-10/h4-5,8-9,16H,3,6-7H2,1-2H3. The first-order valence-corrected chi connectivity index (χ1v) is 6.52. The van der Waals surface area contributed by atoms with Crippen LogP contribution >= 0.6 is 15.9 Å². The Hall–Kier alpha value is -0.410. The normalized spacial score (nSPS) is 20.2. The van der Waals surface area contributed by atoms with E-state index >= 15 is 0 Å². The third-order valence-corrected chi connectivity index (χ3v) is 4.11. The highest BCUT2D eigenvalue weighted by Crippen LogP contribution is 2.33. The van der Waals surface area contributed by atoms with E-state index < -0.39 is 0 Å². The molecule has 1 aliphatic carbocycles. The molecule has 0 heterocycles. The Morgan fingerprint density at radius 1 is 1.44 bits per heavy atom. The van der Waals surface area contributed by atoms with Crippen molar-refractivity contribution >= 4 is 15.9 Å². The van der Waals surface area contributed by atoms with Crippen molar-refractivity contribution in [3.05, 3.63) is 34.1 Å². The molecular formula is C13H17BrFN. The van der Waals surface area contributed by atoms with Gasteiger partial charge in [0.2, 0.25) is 0 Å². The van der Waals surface area contributed by atoms with Crippen molar-refractivity contribution < 1.29 is 4.39 Å². The minimum absolute atomic E-state index is 0.190. The van der Waals surface area contributed by atoms with Gasteiger partial charge in [0.25, 0.3) is 0 Å². The van der Waals surface area contributed by atoms with Crippen LogP contribution in [-0.4, -0.2) is 5.54 Å². The van der Waals surface area contributed by atoms with Gasteiger partial charge in [-0.3, -0.25) is 0 Å². The molecule has 1 fully saturated rings. The summed E-state index contributed by atoms with van der Waals surface area (Å²) in [5.41, 5.74) is 1.26. The van der Waals surface area contributed by atoms with Crippen LogP contribution in [0.2, 0.25) is 0 Å². The van der Waals surface area contributed by atoms with Crippen LogP contribution in [0.25, 0.3) is 0 Å². The van der Waals surface area contributed by atoms with Crippen LogP contribution in [0.3, 0.4) is 0 Å². The van der Waals surface area contributed by atoms with Crippen molar-refractivity contribution in [2.45, 2.75) is 44.7 Å². The van der Waals surface area contributed by atoms with Crippen LogP contribution in [0.15, 0.2) is 22.7 Å². The van der Waals surface area contributed by atoms with Crippen molar-refractivity contribution in [1.29, 1.82) is 0 Å². The second-order valence-corrected chi connectivity index (χ2v) is 5.81. The number of hydrogen-bond donors (Lipinski definition) is 1. The zero-order valence-corrected chi connectivity index (χ0v) is 11.3. The zero-order chi connectivity index (χ0) is 11.8. The predicted octanol–water partition coefficient (Wildman–Crippen LogP) is 4.18. The molecular weight excluding hydrogens is 269 g/mol. The summed E-state index contributed by atoms with van der Waals surface area (Å²) in [5.74, 6) is -0.190. The molecule has 1 aromatic rings. The summed E-state index contributed by atoms with van der Waals surface area (Å²) < 4.78 is 13.9. The van der Waals surface area contributed by atoms with Gasteiger partial charge in [0.05, 0.1) is 4.47 Å². The van der Waals surface area contributed by atoms with Crippen molar-refractivity contribution in [3.63, 3.8) is 0 Å². The van der Waals surface area contributed by atoms with Crippen molar-refractivity contribution in [3.8, 4) is 0 Å². The SMILES string of the molecule is CC(NC1(C)CCC1)c1ccc(Br)c(F)c1. The average Bonchev–Trinajstić information content (AvgIpc) is 2.19. The van der Waals surface area contributed by atoms with Gasteiger partial charge in [0.1, 0.15) is 5.82 Å². The van der Waals surface area contributed by atoms with E-state index in [1.807, 2.05) is 6.07 Å². The molecule has 0 bridgehead atoms. The van der Waals surface area contributed by atoms with Gasteiger partial charge >= 0.3 is 0 Å². The monoisotopic (exact) mass is 285 g/mol. The predicted molar refractivity (Wildman–Crippen MR) is 67.9 cm³/mol. The fourth-order valence-electron chi connectivity index (χ4n) is 2.24. The number of benzene rings is 1. The molecule has 1 nitrogen and oxygen atoms in total. The van der Waals surface area contributed by atoms with Crippen LogP contribution in [0.5, 0.6) is 0 Å². The van der Waals surface area contributed by atoms with Gasteiger partial charge in [0.15, 0.2) is 0 Å². The molecule has 1 unspecified atom stereocenters. The molecule has 1 atom stereocenters. The Labute approximate surface area is 105 Å². The highest BCUT2D eigenvalue weighted by Gasteiger charge is 2.32. The molecule has 16 heavy (non-hydrogen) atoms. The Balaban J connectivity index is 2.08. The third-order valence-electron chi connectivity index (χ3n) is 3.47. The summed E-state index contributed by atoms with van der Waals surface area (Å²) >= 11 is 3.17. The minimum Gasteiger partial charge on any atom is -0.305 e. The van der Waals surface area contributed by atoms with Gasteiger partial charge in [-0.2, -0.15) is 0 Å². The summed E-state index contributed by atoms with van der Waals surface area (Å²) in [5, 5.41) is 3.57.